The zero-order chi connectivity index (χ0) is 13.7. The first-order valence-electron chi connectivity index (χ1n) is 5.72. The van der Waals surface area contributed by atoms with Gasteiger partial charge < -0.3 is 5.32 Å². The van der Waals surface area contributed by atoms with E-state index in [1.807, 2.05) is 30.3 Å². The van der Waals surface area contributed by atoms with Crippen molar-refractivity contribution >= 4 is 21.8 Å². The van der Waals surface area contributed by atoms with Crippen molar-refractivity contribution in [2.24, 2.45) is 0 Å². The quantitative estimate of drug-likeness (QED) is 0.945. The monoisotopic (exact) mass is 314 g/mol. The molecule has 0 spiro atoms. The highest BCUT2D eigenvalue weighted by Crippen LogP contribution is 2.15. The van der Waals surface area contributed by atoms with Crippen molar-refractivity contribution in [1.29, 1.82) is 5.26 Å². The van der Waals surface area contributed by atoms with Crippen LogP contribution in [0.1, 0.15) is 21.5 Å². The van der Waals surface area contributed by atoms with Gasteiger partial charge in [0, 0.05) is 16.6 Å². The molecule has 0 aliphatic rings. The van der Waals surface area contributed by atoms with Crippen LogP contribution >= 0.6 is 15.9 Å². The maximum atomic E-state index is 12.0. The van der Waals surface area contributed by atoms with Gasteiger partial charge in [-0.2, -0.15) is 5.26 Å². The largest absolute Gasteiger partial charge is 0.348 e. The fourth-order valence-electron chi connectivity index (χ4n) is 1.65. The predicted octanol–water partition coefficient (Wildman–Crippen LogP) is 3.25. The summed E-state index contributed by atoms with van der Waals surface area (Å²) in [6, 6.07) is 16.4. The highest BCUT2D eigenvalue weighted by molar-refractivity contribution is 9.10. The number of nitrogens with zero attached hydrogens (tertiary/aromatic N) is 1. The van der Waals surface area contributed by atoms with Crippen LogP contribution in [0.25, 0.3) is 0 Å². The van der Waals surface area contributed by atoms with E-state index in [9.17, 15) is 4.79 Å². The smallest absolute Gasteiger partial charge is 0.251 e. The van der Waals surface area contributed by atoms with E-state index in [-0.39, 0.29) is 5.91 Å². The first-order chi connectivity index (χ1) is 9.20. The molecule has 0 unspecified atom stereocenters. The van der Waals surface area contributed by atoms with E-state index in [2.05, 4.69) is 21.2 Å². The number of hydrogen-bond donors (Lipinski definition) is 1. The number of hydrogen-bond acceptors (Lipinski definition) is 2. The van der Waals surface area contributed by atoms with E-state index in [0.29, 0.717) is 17.7 Å². The Labute approximate surface area is 120 Å². The van der Waals surface area contributed by atoms with Gasteiger partial charge in [0.1, 0.15) is 0 Å². The lowest BCUT2D eigenvalue weighted by Gasteiger charge is -2.07. The van der Waals surface area contributed by atoms with E-state index in [1.165, 1.54) is 0 Å². The third kappa shape index (κ3) is 3.43. The molecule has 0 saturated heterocycles. The Morgan fingerprint density at radius 1 is 1.21 bits per heavy atom. The average Bonchev–Trinajstić information content (AvgIpc) is 2.46. The molecule has 0 bridgehead atoms. The molecule has 2 aromatic carbocycles. The van der Waals surface area contributed by atoms with Crippen molar-refractivity contribution in [2.45, 2.75) is 6.54 Å². The maximum absolute atomic E-state index is 12.0. The predicted molar refractivity (Wildman–Crippen MR) is 76.5 cm³/mol. The summed E-state index contributed by atoms with van der Waals surface area (Å²) < 4.78 is 0.959. The van der Waals surface area contributed by atoms with E-state index < -0.39 is 0 Å². The van der Waals surface area contributed by atoms with Crippen molar-refractivity contribution in [3.63, 3.8) is 0 Å². The highest BCUT2D eigenvalue weighted by Gasteiger charge is 2.06. The third-order valence-electron chi connectivity index (χ3n) is 2.65. The Morgan fingerprint density at radius 3 is 2.74 bits per heavy atom. The summed E-state index contributed by atoms with van der Waals surface area (Å²) in [6.07, 6.45) is 0. The molecule has 1 amide bonds. The van der Waals surface area contributed by atoms with Gasteiger partial charge >= 0.3 is 0 Å². The standard InChI is InChI=1S/C15H11BrN2O/c16-14-7-2-1-5-13(14)10-18-15(19)12-6-3-4-11(8-12)9-17/h1-8H,10H2,(H,18,19). The van der Waals surface area contributed by atoms with E-state index >= 15 is 0 Å². The van der Waals surface area contributed by atoms with E-state index in [1.54, 1.807) is 24.3 Å². The van der Waals surface area contributed by atoms with Gasteiger partial charge in [-0.15, -0.1) is 0 Å². The Kier molecular flexibility index (Phi) is 4.32. The Bertz CT molecular complexity index is 647. The van der Waals surface area contributed by atoms with Crippen LogP contribution in [0.4, 0.5) is 0 Å². The molecule has 4 heteroatoms. The van der Waals surface area contributed by atoms with Gasteiger partial charge in [-0.1, -0.05) is 40.2 Å². The van der Waals surface area contributed by atoms with Crippen LogP contribution in [0.2, 0.25) is 0 Å². The SMILES string of the molecule is N#Cc1cccc(C(=O)NCc2ccccc2Br)c1. The molecule has 2 rings (SSSR count). The molecule has 0 aliphatic carbocycles. The lowest BCUT2D eigenvalue weighted by Crippen LogP contribution is -2.23. The lowest BCUT2D eigenvalue weighted by atomic mass is 10.1. The Balaban J connectivity index is 2.06. The molecule has 2 aromatic rings. The Morgan fingerprint density at radius 2 is 2.00 bits per heavy atom. The summed E-state index contributed by atoms with van der Waals surface area (Å²) in [5.41, 5.74) is 1.98. The fraction of sp³-hybridized carbons (Fsp3) is 0.0667. The number of benzene rings is 2. The molecule has 0 saturated carbocycles. The van der Waals surface area contributed by atoms with Gasteiger partial charge in [-0.05, 0) is 29.8 Å². The summed E-state index contributed by atoms with van der Waals surface area (Å²) in [5, 5.41) is 11.6. The molecule has 0 aliphatic heterocycles. The summed E-state index contributed by atoms with van der Waals surface area (Å²) in [5.74, 6) is -0.187. The molecule has 19 heavy (non-hydrogen) atoms. The maximum Gasteiger partial charge on any atom is 0.251 e. The topological polar surface area (TPSA) is 52.9 Å². The number of nitrogens with one attached hydrogen (secondary N) is 1. The van der Waals surface area contributed by atoms with Crippen LogP contribution in [0.15, 0.2) is 53.0 Å². The molecule has 0 aromatic heterocycles. The van der Waals surface area contributed by atoms with Gasteiger partial charge in [-0.25, -0.2) is 0 Å². The minimum Gasteiger partial charge on any atom is -0.348 e. The molecule has 0 atom stereocenters. The van der Waals surface area contributed by atoms with Crippen LogP contribution in [0.3, 0.4) is 0 Å². The van der Waals surface area contributed by atoms with Gasteiger partial charge in [0.15, 0.2) is 0 Å². The van der Waals surface area contributed by atoms with Crippen molar-refractivity contribution in [1.82, 2.24) is 5.32 Å². The minimum absolute atomic E-state index is 0.187. The third-order valence-corrected chi connectivity index (χ3v) is 3.42. The van der Waals surface area contributed by atoms with Gasteiger partial charge in [0.05, 0.1) is 11.6 Å². The molecular weight excluding hydrogens is 304 g/mol. The fourth-order valence-corrected chi connectivity index (χ4v) is 2.07. The Hall–Kier alpha value is -2.12. The zero-order valence-electron chi connectivity index (χ0n) is 10.1. The normalized spacial score (nSPS) is 9.68. The molecule has 3 nitrogen and oxygen atoms in total. The number of nitriles is 1. The number of carbonyl (C=O) groups is 1. The summed E-state index contributed by atoms with van der Waals surface area (Å²) >= 11 is 3.43. The first kappa shape index (κ1) is 13.3. The number of carbonyl (C=O) groups excluding carboxylic acids is 1. The number of halogens is 1. The van der Waals surface area contributed by atoms with Crippen LogP contribution in [0, 0.1) is 11.3 Å². The molecular formula is C15H11BrN2O. The van der Waals surface area contributed by atoms with Crippen molar-refractivity contribution < 1.29 is 4.79 Å². The number of amides is 1. The second kappa shape index (κ2) is 6.17. The molecule has 0 fully saturated rings. The minimum atomic E-state index is -0.187. The van der Waals surface area contributed by atoms with Crippen LogP contribution in [-0.4, -0.2) is 5.91 Å². The van der Waals surface area contributed by atoms with Crippen molar-refractivity contribution in [3.05, 3.63) is 69.7 Å². The lowest BCUT2D eigenvalue weighted by molar-refractivity contribution is 0.0951. The molecule has 0 radical (unpaired) electrons. The second-order valence-corrected chi connectivity index (χ2v) is 4.82. The zero-order valence-corrected chi connectivity index (χ0v) is 11.6. The van der Waals surface area contributed by atoms with Crippen LogP contribution in [-0.2, 0) is 6.54 Å². The van der Waals surface area contributed by atoms with Gasteiger partial charge in [0.25, 0.3) is 5.91 Å². The van der Waals surface area contributed by atoms with Gasteiger partial charge in [-0.3, -0.25) is 4.79 Å². The van der Waals surface area contributed by atoms with Crippen LogP contribution < -0.4 is 5.32 Å². The molecule has 0 heterocycles. The summed E-state index contributed by atoms with van der Waals surface area (Å²) in [6.45, 7) is 0.442. The average molecular weight is 315 g/mol. The van der Waals surface area contributed by atoms with Crippen LogP contribution in [0.5, 0.6) is 0 Å². The van der Waals surface area contributed by atoms with E-state index in [0.717, 1.165) is 10.0 Å². The summed E-state index contributed by atoms with van der Waals surface area (Å²) in [4.78, 5) is 12.0. The summed E-state index contributed by atoms with van der Waals surface area (Å²) in [7, 11) is 0. The van der Waals surface area contributed by atoms with Crippen molar-refractivity contribution in [2.75, 3.05) is 0 Å². The number of rotatable bonds is 3. The molecule has 1 N–H and O–H groups in total. The highest BCUT2D eigenvalue weighted by atomic mass is 79.9. The second-order valence-electron chi connectivity index (χ2n) is 3.97. The van der Waals surface area contributed by atoms with Gasteiger partial charge in [0.2, 0.25) is 0 Å². The molecule has 94 valence electrons. The first-order valence-corrected chi connectivity index (χ1v) is 6.52. The van der Waals surface area contributed by atoms with Crippen molar-refractivity contribution in [3.8, 4) is 6.07 Å². The van der Waals surface area contributed by atoms with E-state index in [4.69, 9.17) is 5.26 Å².